The number of hydrogen-bond donors (Lipinski definition) is 1. The fraction of sp³-hybridized carbons (Fsp3) is 0.308. The molecule has 0 atom stereocenters. The molecule has 0 saturated heterocycles. The standard InChI is InChI=1S/C13H16BrN3O/c14-12-9-16-17(10-12)6-1-7-18-13-4-2-11(8-15)3-5-13/h2-5,9-10H,1,6-8,15H2. The monoisotopic (exact) mass is 309 g/mol. The normalized spacial score (nSPS) is 10.6. The van der Waals surface area contributed by atoms with Gasteiger partial charge in [-0.2, -0.15) is 5.10 Å². The van der Waals surface area contributed by atoms with Crippen LogP contribution in [0.5, 0.6) is 5.75 Å². The van der Waals surface area contributed by atoms with Crippen LogP contribution in [0.15, 0.2) is 41.1 Å². The summed E-state index contributed by atoms with van der Waals surface area (Å²) in [5, 5.41) is 4.18. The molecule has 0 aliphatic carbocycles. The topological polar surface area (TPSA) is 53.1 Å². The van der Waals surface area contributed by atoms with Crippen LogP contribution in [0.1, 0.15) is 12.0 Å². The lowest BCUT2D eigenvalue weighted by atomic mass is 10.2. The third kappa shape index (κ3) is 3.85. The summed E-state index contributed by atoms with van der Waals surface area (Å²) in [6, 6.07) is 7.87. The Balaban J connectivity index is 1.71. The van der Waals surface area contributed by atoms with E-state index < -0.39 is 0 Å². The van der Waals surface area contributed by atoms with Crippen LogP contribution in [0, 0.1) is 0 Å². The summed E-state index contributed by atoms with van der Waals surface area (Å²) in [5.41, 5.74) is 6.65. The van der Waals surface area contributed by atoms with Crippen molar-refractivity contribution in [3.05, 3.63) is 46.7 Å². The van der Waals surface area contributed by atoms with E-state index in [9.17, 15) is 0 Å². The van der Waals surface area contributed by atoms with Crippen LogP contribution in [0.25, 0.3) is 0 Å². The molecule has 4 nitrogen and oxygen atoms in total. The Hall–Kier alpha value is -1.33. The number of aromatic nitrogens is 2. The van der Waals surface area contributed by atoms with E-state index in [0.717, 1.165) is 28.8 Å². The van der Waals surface area contributed by atoms with Gasteiger partial charge in [-0.3, -0.25) is 4.68 Å². The van der Waals surface area contributed by atoms with Crippen molar-refractivity contribution in [2.45, 2.75) is 19.5 Å². The number of hydrogen-bond acceptors (Lipinski definition) is 3. The number of rotatable bonds is 6. The molecule has 0 saturated carbocycles. The second-order valence-corrected chi connectivity index (χ2v) is 4.89. The lowest BCUT2D eigenvalue weighted by molar-refractivity contribution is 0.298. The Labute approximate surface area is 115 Å². The summed E-state index contributed by atoms with van der Waals surface area (Å²) < 4.78 is 8.53. The zero-order valence-corrected chi connectivity index (χ0v) is 11.6. The first kappa shape index (κ1) is 13.1. The molecule has 1 heterocycles. The maximum absolute atomic E-state index is 5.64. The first-order valence-electron chi connectivity index (χ1n) is 5.87. The first-order chi connectivity index (χ1) is 8.78. The van der Waals surface area contributed by atoms with Crippen molar-refractivity contribution in [2.24, 2.45) is 5.73 Å². The van der Waals surface area contributed by atoms with Crippen molar-refractivity contribution in [1.82, 2.24) is 9.78 Å². The molecular weight excluding hydrogens is 294 g/mol. The van der Waals surface area contributed by atoms with E-state index in [-0.39, 0.29) is 0 Å². The summed E-state index contributed by atoms with van der Waals surface area (Å²) in [5.74, 6) is 0.883. The zero-order valence-electron chi connectivity index (χ0n) is 10.1. The highest BCUT2D eigenvalue weighted by Gasteiger charge is 1.97. The molecule has 0 aliphatic rings. The fourth-order valence-electron chi connectivity index (χ4n) is 1.60. The van der Waals surface area contributed by atoms with Crippen LogP contribution >= 0.6 is 15.9 Å². The van der Waals surface area contributed by atoms with E-state index in [4.69, 9.17) is 10.5 Å². The summed E-state index contributed by atoms with van der Waals surface area (Å²) in [4.78, 5) is 0. The highest BCUT2D eigenvalue weighted by atomic mass is 79.9. The minimum absolute atomic E-state index is 0.564. The molecule has 96 valence electrons. The first-order valence-corrected chi connectivity index (χ1v) is 6.67. The molecule has 0 bridgehead atoms. The van der Waals surface area contributed by atoms with Crippen LogP contribution in [0.2, 0.25) is 0 Å². The van der Waals surface area contributed by atoms with Crippen molar-refractivity contribution in [3.63, 3.8) is 0 Å². The summed E-state index contributed by atoms with van der Waals surface area (Å²) >= 11 is 3.37. The van der Waals surface area contributed by atoms with Gasteiger partial charge in [0.25, 0.3) is 0 Å². The van der Waals surface area contributed by atoms with Crippen LogP contribution in [0.3, 0.4) is 0 Å². The van der Waals surface area contributed by atoms with Crippen molar-refractivity contribution >= 4 is 15.9 Å². The van der Waals surface area contributed by atoms with Crippen LogP contribution < -0.4 is 10.5 Å². The van der Waals surface area contributed by atoms with E-state index in [1.807, 2.05) is 35.1 Å². The van der Waals surface area contributed by atoms with Crippen LogP contribution in [-0.2, 0) is 13.1 Å². The molecule has 0 unspecified atom stereocenters. The second-order valence-electron chi connectivity index (χ2n) is 3.97. The summed E-state index contributed by atoms with van der Waals surface area (Å²) in [6.45, 7) is 2.10. The van der Waals surface area contributed by atoms with Gasteiger partial charge in [-0.25, -0.2) is 0 Å². The maximum Gasteiger partial charge on any atom is 0.119 e. The highest BCUT2D eigenvalue weighted by molar-refractivity contribution is 9.10. The average molecular weight is 310 g/mol. The Morgan fingerprint density at radius 3 is 2.67 bits per heavy atom. The second kappa shape index (κ2) is 6.56. The minimum Gasteiger partial charge on any atom is -0.494 e. The third-order valence-electron chi connectivity index (χ3n) is 2.56. The van der Waals surface area contributed by atoms with Gasteiger partial charge in [0.05, 0.1) is 17.3 Å². The number of ether oxygens (including phenoxy) is 1. The number of aryl methyl sites for hydroxylation is 1. The highest BCUT2D eigenvalue weighted by Crippen LogP contribution is 2.12. The van der Waals surface area contributed by atoms with E-state index in [1.54, 1.807) is 6.20 Å². The van der Waals surface area contributed by atoms with Gasteiger partial charge >= 0.3 is 0 Å². The summed E-state index contributed by atoms with van der Waals surface area (Å²) in [6.07, 6.45) is 4.66. The zero-order chi connectivity index (χ0) is 12.8. The molecule has 0 spiro atoms. The van der Waals surface area contributed by atoms with Crippen molar-refractivity contribution in [1.29, 1.82) is 0 Å². The predicted octanol–water partition coefficient (Wildman–Crippen LogP) is 2.57. The van der Waals surface area contributed by atoms with Gasteiger partial charge < -0.3 is 10.5 Å². The van der Waals surface area contributed by atoms with Gasteiger partial charge in [0.15, 0.2) is 0 Å². The van der Waals surface area contributed by atoms with E-state index in [2.05, 4.69) is 21.0 Å². The SMILES string of the molecule is NCc1ccc(OCCCn2cc(Br)cn2)cc1. The average Bonchev–Trinajstić information content (AvgIpc) is 2.81. The minimum atomic E-state index is 0.564. The Morgan fingerprint density at radius 1 is 1.28 bits per heavy atom. The molecule has 2 rings (SSSR count). The lowest BCUT2D eigenvalue weighted by Crippen LogP contribution is -2.05. The molecule has 5 heteroatoms. The smallest absolute Gasteiger partial charge is 0.119 e. The van der Waals surface area contributed by atoms with E-state index >= 15 is 0 Å². The van der Waals surface area contributed by atoms with Crippen molar-refractivity contribution in [3.8, 4) is 5.75 Å². The molecule has 0 aliphatic heterocycles. The molecule has 0 fully saturated rings. The molecule has 1 aromatic carbocycles. The lowest BCUT2D eigenvalue weighted by Gasteiger charge is -2.06. The van der Waals surface area contributed by atoms with Gasteiger partial charge in [-0.15, -0.1) is 0 Å². The Bertz CT molecular complexity index is 481. The molecular formula is C13H16BrN3O. The van der Waals surface area contributed by atoms with Crippen LogP contribution in [0.4, 0.5) is 0 Å². The molecule has 18 heavy (non-hydrogen) atoms. The Morgan fingerprint density at radius 2 is 2.06 bits per heavy atom. The fourth-order valence-corrected chi connectivity index (χ4v) is 1.93. The van der Waals surface area contributed by atoms with Gasteiger partial charge in [0, 0.05) is 25.7 Å². The number of nitrogens with two attached hydrogens (primary N) is 1. The van der Waals surface area contributed by atoms with Gasteiger partial charge in [-0.1, -0.05) is 12.1 Å². The van der Waals surface area contributed by atoms with E-state index in [0.29, 0.717) is 13.2 Å². The molecule has 2 aromatic rings. The van der Waals surface area contributed by atoms with Crippen molar-refractivity contribution in [2.75, 3.05) is 6.61 Å². The molecule has 2 N–H and O–H groups in total. The van der Waals surface area contributed by atoms with Crippen molar-refractivity contribution < 1.29 is 4.74 Å². The molecule has 0 amide bonds. The molecule has 1 aromatic heterocycles. The van der Waals surface area contributed by atoms with Gasteiger partial charge in [0.1, 0.15) is 5.75 Å². The van der Waals surface area contributed by atoms with Crippen LogP contribution in [-0.4, -0.2) is 16.4 Å². The van der Waals surface area contributed by atoms with Gasteiger partial charge in [-0.05, 0) is 33.6 Å². The number of halogens is 1. The predicted molar refractivity (Wildman–Crippen MR) is 74.4 cm³/mol. The molecule has 0 radical (unpaired) electrons. The third-order valence-corrected chi connectivity index (χ3v) is 2.97. The van der Waals surface area contributed by atoms with E-state index in [1.165, 1.54) is 0 Å². The maximum atomic E-state index is 5.64. The quantitative estimate of drug-likeness (QED) is 0.834. The number of nitrogens with zero attached hydrogens (tertiary/aromatic N) is 2. The van der Waals surface area contributed by atoms with Gasteiger partial charge in [0.2, 0.25) is 0 Å². The largest absolute Gasteiger partial charge is 0.494 e. The summed E-state index contributed by atoms with van der Waals surface area (Å²) in [7, 11) is 0. The Kier molecular flexibility index (Phi) is 4.78. The number of benzene rings is 1.